The summed E-state index contributed by atoms with van der Waals surface area (Å²) in [6.07, 6.45) is 2.17. The fourth-order valence-electron chi connectivity index (χ4n) is 2.10. The molecule has 0 N–H and O–H groups in total. The number of hydrogen-bond donors (Lipinski definition) is 0. The number of carbonyl (C=O) groups is 1. The SMILES string of the molecule is Cc1cc(C)c(C(=O)COCCCC(C)C)cc1C. The molecule has 0 unspecified atom stereocenters. The first kappa shape index (κ1) is 15.9. The first-order chi connectivity index (χ1) is 8.91. The van der Waals surface area contributed by atoms with Crippen LogP contribution in [0.15, 0.2) is 12.1 Å². The number of ether oxygens (including phenoxy) is 1. The van der Waals surface area contributed by atoms with Crippen molar-refractivity contribution in [3.05, 3.63) is 34.4 Å². The van der Waals surface area contributed by atoms with Gasteiger partial charge in [-0.25, -0.2) is 0 Å². The van der Waals surface area contributed by atoms with E-state index in [9.17, 15) is 4.79 Å². The predicted octanol–water partition coefficient (Wildman–Crippen LogP) is 4.25. The van der Waals surface area contributed by atoms with Crippen LogP contribution in [0.3, 0.4) is 0 Å². The molecule has 0 fully saturated rings. The Morgan fingerprint density at radius 3 is 2.37 bits per heavy atom. The van der Waals surface area contributed by atoms with Crippen LogP contribution in [0.1, 0.15) is 53.7 Å². The summed E-state index contributed by atoms with van der Waals surface area (Å²) in [6.45, 7) is 11.4. The van der Waals surface area contributed by atoms with Gasteiger partial charge in [-0.05, 0) is 62.3 Å². The topological polar surface area (TPSA) is 26.3 Å². The van der Waals surface area contributed by atoms with E-state index in [4.69, 9.17) is 4.74 Å². The smallest absolute Gasteiger partial charge is 0.188 e. The van der Waals surface area contributed by atoms with Crippen LogP contribution in [0.25, 0.3) is 0 Å². The van der Waals surface area contributed by atoms with Gasteiger partial charge >= 0.3 is 0 Å². The second-order valence-electron chi connectivity index (χ2n) is 5.76. The van der Waals surface area contributed by atoms with Crippen LogP contribution < -0.4 is 0 Å². The lowest BCUT2D eigenvalue weighted by Gasteiger charge is -2.10. The van der Waals surface area contributed by atoms with E-state index in [-0.39, 0.29) is 12.4 Å². The van der Waals surface area contributed by atoms with Crippen LogP contribution in [0, 0.1) is 26.7 Å². The standard InChI is InChI=1S/C17H26O2/c1-12(2)7-6-8-19-11-17(18)16-10-14(4)13(3)9-15(16)5/h9-10,12H,6-8,11H2,1-5H3. The van der Waals surface area contributed by atoms with E-state index >= 15 is 0 Å². The Bertz CT molecular complexity index is 433. The number of benzene rings is 1. The summed E-state index contributed by atoms with van der Waals surface area (Å²) in [7, 11) is 0. The molecule has 106 valence electrons. The molecule has 2 heteroatoms. The van der Waals surface area contributed by atoms with Gasteiger partial charge in [0.25, 0.3) is 0 Å². The quantitative estimate of drug-likeness (QED) is 0.542. The zero-order chi connectivity index (χ0) is 14.4. The first-order valence-electron chi connectivity index (χ1n) is 7.10. The van der Waals surface area contributed by atoms with E-state index in [1.807, 2.05) is 19.9 Å². The molecule has 2 nitrogen and oxygen atoms in total. The Kier molecular flexibility index (Phi) is 6.23. The molecule has 0 aliphatic rings. The van der Waals surface area contributed by atoms with E-state index in [0.717, 1.165) is 29.5 Å². The van der Waals surface area contributed by atoms with E-state index in [1.165, 1.54) is 5.56 Å². The number of ketones is 1. The fourth-order valence-corrected chi connectivity index (χ4v) is 2.10. The average Bonchev–Trinajstić information content (AvgIpc) is 2.32. The van der Waals surface area contributed by atoms with Crippen LogP contribution in [0.2, 0.25) is 0 Å². The largest absolute Gasteiger partial charge is 0.373 e. The van der Waals surface area contributed by atoms with Crippen molar-refractivity contribution in [2.75, 3.05) is 13.2 Å². The molecule has 0 saturated heterocycles. The molecule has 1 rings (SSSR count). The Labute approximate surface area is 117 Å². The zero-order valence-electron chi connectivity index (χ0n) is 12.9. The minimum absolute atomic E-state index is 0.0881. The van der Waals surface area contributed by atoms with Gasteiger partial charge in [-0.15, -0.1) is 0 Å². The maximum Gasteiger partial charge on any atom is 0.188 e. The minimum atomic E-state index is 0.0881. The van der Waals surface area contributed by atoms with Gasteiger partial charge in [0.05, 0.1) is 0 Å². The highest BCUT2D eigenvalue weighted by molar-refractivity contribution is 5.98. The molecule has 0 aliphatic carbocycles. The summed E-state index contributed by atoms with van der Waals surface area (Å²) in [5.74, 6) is 0.784. The normalized spacial score (nSPS) is 11.1. The number of Topliss-reactive ketones (excluding diaryl/α,β-unsaturated/α-hetero) is 1. The van der Waals surface area contributed by atoms with Crippen molar-refractivity contribution in [2.45, 2.75) is 47.5 Å². The third-order valence-corrected chi connectivity index (χ3v) is 3.44. The Balaban J connectivity index is 2.48. The second-order valence-corrected chi connectivity index (χ2v) is 5.76. The maximum absolute atomic E-state index is 12.1. The summed E-state index contributed by atoms with van der Waals surface area (Å²) in [5.41, 5.74) is 4.23. The van der Waals surface area contributed by atoms with Crippen molar-refractivity contribution < 1.29 is 9.53 Å². The number of aryl methyl sites for hydroxylation is 3. The molecule has 19 heavy (non-hydrogen) atoms. The maximum atomic E-state index is 12.1. The van der Waals surface area contributed by atoms with Crippen molar-refractivity contribution in [3.63, 3.8) is 0 Å². The molecular weight excluding hydrogens is 236 g/mol. The summed E-state index contributed by atoms with van der Waals surface area (Å²) >= 11 is 0. The van der Waals surface area contributed by atoms with E-state index in [1.54, 1.807) is 0 Å². The van der Waals surface area contributed by atoms with Gasteiger partial charge in [0.15, 0.2) is 5.78 Å². The lowest BCUT2D eigenvalue weighted by Crippen LogP contribution is -2.12. The van der Waals surface area contributed by atoms with Crippen molar-refractivity contribution in [1.29, 1.82) is 0 Å². The highest BCUT2D eigenvalue weighted by Gasteiger charge is 2.10. The lowest BCUT2D eigenvalue weighted by atomic mass is 9.98. The highest BCUT2D eigenvalue weighted by atomic mass is 16.5. The molecule has 0 heterocycles. The van der Waals surface area contributed by atoms with Crippen molar-refractivity contribution in [3.8, 4) is 0 Å². The number of rotatable bonds is 7. The third kappa shape index (κ3) is 5.15. The Hall–Kier alpha value is -1.15. The van der Waals surface area contributed by atoms with Crippen LogP contribution in [0.5, 0.6) is 0 Å². The molecular formula is C17H26O2. The van der Waals surface area contributed by atoms with Gasteiger partial charge in [-0.1, -0.05) is 19.9 Å². The lowest BCUT2D eigenvalue weighted by molar-refractivity contribution is 0.0748. The number of carbonyl (C=O) groups excluding carboxylic acids is 1. The molecule has 1 aromatic carbocycles. The molecule has 0 aromatic heterocycles. The van der Waals surface area contributed by atoms with Crippen LogP contribution in [-0.4, -0.2) is 19.0 Å². The molecule has 1 aromatic rings. The molecule has 0 spiro atoms. The van der Waals surface area contributed by atoms with Gasteiger partial charge in [0, 0.05) is 12.2 Å². The molecule has 0 aliphatic heterocycles. The number of hydrogen-bond acceptors (Lipinski definition) is 2. The van der Waals surface area contributed by atoms with Crippen molar-refractivity contribution in [2.24, 2.45) is 5.92 Å². The van der Waals surface area contributed by atoms with Crippen molar-refractivity contribution >= 4 is 5.78 Å². The fraction of sp³-hybridized carbons (Fsp3) is 0.588. The van der Waals surface area contributed by atoms with Gasteiger partial charge in [0.2, 0.25) is 0 Å². The summed E-state index contributed by atoms with van der Waals surface area (Å²) in [4.78, 5) is 12.1. The van der Waals surface area contributed by atoms with Crippen LogP contribution in [-0.2, 0) is 4.74 Å². The van der Waals surface area contributed by atoms with Gasteiger partial charge in [-0.3, -0.25) is 4.79 Å². The predicted molar refractivity (Wildman–Crippen MR) is 79.9 cm³/mol. The molecule has 0 bridgehead atoms. The summed E-state index contributed by atoms with van der Waals surface area (Å²) in [6, 6.07) is 4.05. The monoisotopic (exact) mass is 262 g/mol. The summed E-state index contributed by atoms with van der Waals surface area (Å²) < 4.78 is 5.48. The van der Waals surface area contributed by atoms with E-state index < -0.39 is 0 Å². The van der Waals surface area contributed by atoms with E-state index in [2.05, 4.69) is 26.8 Å². The van der Waals surface area contributed by atoms with Gasteiger partial charge in [0.1, 0.15) is 6.61 Å². The second kappa shape index (κ2) is 7.44. The minimum Gasteiger partial charge on any atom is -0.373 e. The first-order valence-corrected chi connectivity index (χ1v) is 7.10. The summed E-state index contributed by atoms with van der Waals surface area (Å²) in [5, 5.41) is 0. The molecule has 0 radical (unpaired) electrons. The van der Waals surface area contributed by atoms with E-state index in [0.29, 0.717) is 12.5 Å². The molecule has 0 atom stereocenters. The third-order valence-electron chi connectivity index (χ3n) is 3.44. The Morgan fingerprint density at radius 2 is 1.74 bits per heavy atom. The average molecular weight is 262 g/mol. The van der Waals surface area contributed by atoms with Crippen LogP contribution in [0.4, 0.5) is 0 Å². The molecule has 0 amide bonds. The van der Waals surface area contributed by atoms with Gasteiger partial charge in [-0.2, -0.15) is 0 Å². The van der Waals surface area contributed by atoms with Crippen molar-refractivity contribution in [1.82, 2.24) is 0 Å². The Morgan fingerprint density at radius 1 is 1.11 bits per heavy atom. The highest BCUT2D eigenvalue weighted by Crippen LogP contribution is 2.16. The van der Waals surface area contributed by atoms with Gasteiger partial charge < -0.3 is 4.74 Å². The van der Waals surface area contributed by atoms with Crippen LogP contribution >= 0.6 is 0 Å². The zero-order valence-corrected chi connectivity index (χ0v) is 12.9. The molecule has 0 saturated carbocycles.